The maximum atomic E-state index is 13.1. The molecule has 1 heterocycles. The van der Waals surface area contributed by atoms with Gasteiger partial charge in [-0.25, -0.2) is 9.18 Å². The van der Waals surface area contributed by atoms with Gasteiger partial charge in [0.1, 0.15) is 17.2 Å². The quantitative estimate of drug-likeness (QED) is 0.238. The molecule has 1 aromatic heterocycles. The average Bonchev–Trinajstić information content (AvgIpc) is 3.27. The van der Waals surface area contributed by atoms with Crippen LogP contribution in [0.5, 0.6) is 0 Å². The Balaban J connectivity index is 1.20. The van der Waals surface area contributed by atoms with Gasteiger partial charge in [-0.3, -0.25) is 0 Å². The molecule has 1 N–H and O–H groups in total. The molecule has 0 aliphatic heterocycles. The molecular weight excluding hydrogens is 433 g/mol. The van der Waals surface area contributed by atoms with E-state index in [1.807, 2.05) is 24.3 Å². The van der Waals surface area contributed by atoms with Crippen LogP contribution in [0.25, 0.3) is 11.0 Å². The van der Waals surface area contributed by atoms with Crippen LogP contribution < -0.4 is 5.32 Å². The molecule has 176 valence electrons. The standard InChI is InChI=1S/C28H28FNO4/c1-32-28(31)24-4-2-3-22(15-24)19-33-14-13-30-18-21-5-9-23-17-26(34-27(23)16-21)12-8-20-6-10-25(29)11-7-20/h2-7,9-11,15-17,30H,8,12-14,18-19H2,1H3. The van der Waals surface area contributed by atoms with E-state index in [0.717, 1.165) is 46.3 Å². The van der Waals surface area contributed by atoms with Crippen molar-refractivity contribution in [2.75, 3.05) is 20.3 Å². The first-order valence-electron chi connectivity index (χ1n) is 11.3. The summed E-state index contributed by atoms with van der Waals surface area (Å²) >= 11 is 0. The number of nitrogens with one attached hydrogen (secondary N) is 1. The van der Waals surface area contributed by atoms with Gasteiger partial charge >= 0.3 is 5.97 Å². The van der Waals surface area contributed by atoms with Crippen LogP contribution in [0.2, 0.25) is 0 Å². The topological polar surface area (TPSA) is 60.7 Å². The minimum atomic E-state index is -0.350. The number of ether oxygens (including phenoxy) is 2. The molecule has 0 fully saturated rings. The zero-order chi connectivity index (χ0) is 23.8. The molecule has 4 rings (SSSR count). The summed E-state index contributed by atoms with van der Waals surface area (Å²) in [5.41, 5.74) is 4.55. The molecule has 0 saturated carbocycles. The van der Waals surface area contributed by atoms with Crippen molar-refractivity contribution in [3.05, 3.63) is 107 Å². The van der Waals surface area contributed by atoms with Crippen LogP contribution in [0.15, 0.2) is 77.2 Å². The Labute approximate surface area is 198 Å². The summed E-state index contributed by atoms with van der Waals surface area (Å²) < 4.78 is 29.5. The van der Waals surface area contributed by atoms with E-state index in [4.69, 9.17) is 13.9 Å². The van der Waals surface area contributed by atoms with Crippen molar-refractivity contribution in [3.8, 4) is 0 Å². The molecule has 0 bridgehead atoms. The summed E-state index contributed by atoms with van der Waals surface area (Å²) in [7, 11) is 1.37. The fourth-order valence-electron chi connectivity index (χ4n) is 3.76. The molecular formula is C28H28FNO4. The van der Waals surface area contributed by atoms with Crippen LogP contribution in [-0.4, -0.2) is 26.2 Å². The second-order valence-corrected chi connectivity index (χ2v) is 8.13. The van der Waals surface area contributed by atoms with Gasteiger partial charge in [0.25, 0.3) is 0 Å². The number of hydrogen-bond donors (Lipinski definition) is 1. The van der Waals surface area contributed by atoms with E-state index in [0.29, 0.717) is 31.9 Å². The van der Waals surface area contributed by atoms with E-state index in [1.54, 1.807) is 12.1 Å². The number of rotatable bonds is 11. The molecule has 0 aliphatic rings. The SMILES string of the molecule is COC(=O)c1cccc(COCCNCc2ccc3cc(CCc4ccc(F)cc4)oc3c2)c1. The Morgan fingerprint density at radius 3 is 2.59 bits per heavy atom. The third-order valence-electron chi connectivity index (χ3n) is 5.58. The third kappa shape index (κ3) is 6.53. The van der Waals surface area contributed by atoms with Gasteiger partial charge in [0.2, 0.25) is 0 Å². The molecule has 6 heteroatoms. The van der Waals surface area contributed by atoms with Crippen molar-refractivity contribution < 1.29 is 23.1 Å². The van der Waals surface area contributed by atoms with Gasteiger partial charge in [-0.15, -0.1) is 0 Å². The lowest BCUT2D eigenvalue weighted by molar-refractivity contribution is 0.0600. The van der Waals surface area contributed by atoms with E-state index < -0.39 is 0 Å². The molecule has 0 spiro atoms. The van der Waals surface area contributed by atoms with Crippen LogP contribution in [0.3, 0.4) is 0 Å². The molecule has 3 aromatic carbocycles. The normalized spacial score (nSPS) is 11.1. The Kier molecular flexibility index (Phi) is 8.07. The molecule has 0 amide bonds. The Bertz CT molecular complexity index is 1230. The van der Waals surface area contributed by atoms with Gasteiger partial charge in [-0.1, -0.05) is 36.4 Å². The lowest BCUT2D eigenvalue weighted by atomic mass is 10.1. The van der Waals surface area contributed by atoms with Crippen LogP contribution in [-0.2, 0) is 35.5 Å². The first-order valence-corrected chi connectivity index (χ1v) is 11.3. The lowest BCUT2D eigenvalue weighted by Gasteiger charge is -2.07. The molecule has 4 aromatic rings. The zero-order valence-corrected chi connectivity index (χ0v) is 19.2. The molecule has 5 nitrogen and oxygen atoms in total. The summed E-state index contributed by atoms with van der Waals surface area (Å²) in [6.45, 7) is 2.41. The van der Waals surface area contributed by atoms with Crippen molar-refractivity contribution in [2.24, 2.45) is 0 Å². The second-order valence-electron chi connectivity index (χ2n) is 8.13. The predicted octanol–water partition coefficient (Wildman–Crippen LogP) is 5.45. The third-order valence-corrected chi connectivity index (χ3v) is 5.58. The number of furan rings is 1. The minimum Gasteiger partial charge on any atom is -0.465 e. The van der Waals surface area contributed by atoms with E-state index >= 15 is 0 Å². The number of carbonyl (C=O) groups is 1. The smallest absolute Gasteiger partial charge is 0.337 e. The van der Waals surface area contributed by atoms with E-state index in [9.17, 15) is 9.18 Å². The maximum absolute atomic E-state index is 13.1. The first-order chi connectivity index (χ1) is 16.6. The van der Waals surface area contributed by atoms with Gasteiger partial charge < -0.3 is 19.2 Å². The van der Waals surface area contributed by atoms with Crippen molar-refractivity contribution in [3.63, 3.8) is 0 Å². The maximum Gasteiger partial charge on any atom is 0.337 e. The summed E-state index contributed by atoms with van der Waals surface area (Å²) in [6.07, 6.45) is 1.58. The molecule has 0 radical (unpaired) electrons. The number of methoxy groups -OCH3 is 1. The van der Waals surface area contributed by atoms with Gasteiger partial charge in [-0.05, 0) is 59.5 Å². The number of carbonyl (C=O) groups excluding carboxylic acids is 1. The highest BCUT2D eigenvalue weighted by Gasteiger charge is 2.07. The number of aryl methyl sites for hydroxylation is 2. The van der Waals surface area contributed by atoms with Crippen LogP contribution >= 0.6 is 0 Å². The van der Waals surface area contributed by atoms with Crippen LogP contribution in [0.4, 0.5) is 4.39 Å². The van der Waals surface area contributed by atoms with Gasteiger partial charge in [0.15, 0.2) is 0 Å². The monoisotopic (exact) mass is 461 g/mol. The van der Waals surface area contributed by atoms with Crippen molar-refractivity contribution in [2.45, 2.75) is 26.0 Å². The average molecular weight is 462 g/mol. The van der Waals surface area contributed by atoms with Gasteiger partial charge in [0.05, 0.1) is 25.9 Å². The summed E-state index contributed by atoms with van der Waals surface area (Å²) in [6, 6.07) is 22.1. The minimum absolute atomic E-state index is 0.217. The van der Waals surface area contributed by atoms with E-state index in [2.05, 4.69) is 29.6 Å². The number of esters is 1. The number of fused-ring (bicyclic) bond motifs is 1. The molecule has 0 unspecified atom stereocenters. The fourth-order valence-corrected chi connectivity index (χ4v) is 3.76. The Morgan fingerprint density at radius 1 is 0.941 bits per heavy atom. The highest BCUT2D eigenvalue weighted by molar-refractivity contribution is 5.89. The van der Waals surface area contributed by atoms with Crippen LogP contribution in [0.1, 0.15) is 32.8 Å². The molecule has 34 heavy (non-hydrogen) atoms. The highest BCUT2D eigenvalue weighted by atomic mass is 19.1. The lowest BCUT2D eigenvalue weighted by Crippen LogP contribution is -2.19. The second kappa shape index (κ2) is 11.6. The van der Waals surface area contributed by atoms with E-state index in [1.165, 1.54) is 19.2 Å². The Hall–Kier alpha value is -3.48. The zero-order valence-electron chi connectivity index (χ0n) is 19.2. The molecule has 0 atom stereocenters. The van der Waals surface area contributed by atoms with Gasteiger partial charge in [-0.2, -0.15) is 0 Å². The Morgan fingerprint density at radius 2 is 1.76 bits per heavy atom. The summed E-state index contributed by atoms with van der Waals surface area (Å²) in [5.74, 6) is 0.358. The van der Waals surface area contributed by atoms with Crippen molar-refractivity contribution >= 4 is 16.9 Å². The summed E-state index contributed by atoms with van der Waals surface area (Å²) in [4.78, 5) is 11.6. The summed E-state index contributed by atoms with van der Waals surface area (Å²) in [5, 5.41) is 4.46. The first kappa shape index (κ1) is 23.7. The van der Waals surface area contributed by atoms with Gasteiger partial charge in [0, 0.05) is 24.9 Å². The largest absolute Gasteiger partial charge is 0.465 e. The number of halogens is 1. The predicted molar refractivity (Wildman–Crippen MR) is 129 cm³/mol. The van der Waals surface area contributed by atoms with E-state index in [-0.39, 0.29) is 11.8 Å². The number of hydrogen-bond acceptors (Lipinski definition) is 5. The van der Waals surface area contributed by atoms with Crippen LogP contribution in [0, 0.1) is 5.82 Å². The number of benzene rings is 3. The molecule has 0 saturated heterocycles. The van der Waals surface area contributed by atoms with Crippen molar-refractivity contribution in [1.29, 1.82) is 0 Å². The molecule has 0 aliphatic carbocycles. The highest BCUT2D eigenvalue weighted by Crippen LogP contribution is 2.22. The fraction of sp³-hybridized carbons (Fsp3) is 0.250. The van der Waals surface area contributed by atoms with Crippen molar-refractivity contribution in [1.82, 2.24) is 5.32 Å².